The van der Waals surface area contributed by atoms with Crippen molar-refractivity contribution in [3.05, 3.63) is 106 Å². The molecule has 7 rings (SSSR count). The smallest absolute Gasteiger partial charge is 0.247 e. The lowest BCUT2D eigenvalue weighted by Gasteiger charge is -2.47. The van der Waals surface area contributed by atoms with Gasteiger partial charge in [0.05, 0.1) is 0 Å². The van der Waals surface area contributed by atoms with Crippen LogP contribution >= 0.6 is 0 Å². The second-order valence-electron chi connectivity index (χ2n) is 15.1. The van der Waals surface area contributed by atoms with Crippen LogP contribution in [0.5, 0.6) is 0 Å². The average molecular weight is 524 g/mol. The Balaban J connectivity index is 1.61. The summed E-state index contributed by atoms with van der Waals surface area (Å²) in [6.45, 7) is 21.4. The first-order chi connectivity index (χ1) is 18.8. The van der Waals surface area contributed by atoms with Gasteiger partial charge in [-0.3, -0.25) is 0 Å². The van der Waals surface area contributed by atoms with Gasteiger partial charge in [-0.2, -0.15) is 0 Å². The summed E-state index contributed by atoms with van der Waals surface area (Å²) in [7, 11) is 0. The van der Waals surface area contributed by atoms with Gasteiger partial charge in [0.1, 0.15) is 0 Å². The largest absolute Gasteiger partial charge is 0.311 e. The fourth-order valence-electron chi connectivity index (χ4n) is 7.52. The third-order valence-corrected chi connectivity index (χ3v) is 9.99. The van der Waals surface area contributed by atoms with Crippen LogP contribution in [0.15, 0.2) is 66.7 Å². The van der Waals surface area contributed by atoms with E-state index in [1.54, 1.807) is 0 Å². The van der Waals surface area contributed by atoms with Gasteiger partial charge in [-0.25, -0.2) is 0 Å². The summed E-state index contributed by atoms with van der Waals surface area (Å²) >= 11 is 0. The minimum Gasteiger partial charge on any atom is -0.311 e. The SMILES string of the molecule is Cc1cc2c3c(c1)C(C)(C)c1ccc(C(C)(C)C)cc1B3c1ccc(C(C)(C)C)cc1N2c1cccc2c1CC2. The molecular weight excluding hydrogens is 481 g/mol. The van der Waals surface area contributed by atoms with E-state index in [9.17, 15) is 0 Å². The van der Waals surface area contributed by atoms with E-state index in [0.717, 1.165) is 6.42 Å². The molecule has 0 radical (unpaired) electrons. The van der Waals surface area contributed by atoms with Crippen LogP contribution in [0.3, 0.4) is 0 Å². The van der Waals surface area contributed by atoms with E-state index >= 15 is 0 Å². The normalized spacial score (nSPS) is 16.5. The molecule has 0 saturated heterocycles. The molecule has 4 aromatic rings. The van der Waals surface area contributed by atoms with Crippen LogP contribution < -0.4 is 21.3 Å². The number of hydrogen-bond acceptors (Lipinski definition) is 1. The Morgan fingerprint density at radius 2 is 1.38 bits per heavy atom. The minimum absolute atomic E-state index is 0.0748. The average Bonchev–Trinajstić information content (AvgIpc) is 2.85. The molecule has 3 aliphatic rings. The van der Waals surface area contributed by atoms with E-state index in [2.05, 4.69) is 134 Å². The number of rotatable bonds is 1. The zero-order valence-electron chi connectivity index (χ0n) is 25.8. The molecular formula is C38H42BN. The topological polar surface area (TPSA) is 3.24 Å². The lowest BCUT2D eigenvalue weighted by molar-refractivity contribution is 0.588. The van der Waals surface area contributed by atoms with E-state index < -0.39 is 0 Å². The second-order valence-corrected chi connectivity index (χ2v) is 15.1. The minimum atomic E-state index is -0.0748. The van der Waals surface area contributed by atoms with Crippen LogP contribution in [-0.4, -0.2) is 6.71 Å². The monoisotopic (exact) mass is 523 g/mol. The van der Waals surface area contributed by atoms with E-state index in [4.69, 9.17) is 0 Å². The van der Waals surface area contributed by atoms with Gasteiger partial charge in [0.25, 0.3) is 0 Å². The molecule has 0 amide bonds. The molecule has 0 aromatic heterocycles. The van der Waals surface area contributed by atoms with Crippen molar-refractivity contribution in [3.8, 4) is 0 Å². The van der Waals surface area contributed by atoms with Crippen LogP contribution in [0.4, 0.5) is 17.1 Å². The number of benzene rings is 4. The van der Waals surface area contributed by atoms with Gasteiger partial charge in [0.2, 0.25) is 6.71 Å². The molecule has 0 N–H and O–H groups in total. The van der Waals surface area contributed by atoms with Crippen molar-refractivity contribution in [2.75, 3.05) is 4.90 Å². The molecule has 1 aliphatic carbocycles. The first-order valence-electron chi connectivity index (χ1n) is 15.1. The van der Waals surface area contributed by atoms with Gasteiger partial charge in [-0.05, 0) is 98.7 Å². The Bertz CT molecular complexity index is 1710. The van der Waals surface area contributed by atoms with Crippen molar-refractivity contribution in [3.63, 3.8) is 0 Å². The Hall–Kier alpha value is -3.26. The molecule has 40 heavy (non-hydrogen) atoms. The van der Waals surface area contributed by atoms with Crippen molar-refractivity contribution < 1.29 is 0 Å². The lowest BCUT2D eigenvalue weighted by Crippen LogP contribution is -2.64. The molecule has 1 nitrogen and oxygen atoms in total. The molecule has 2 heterocycles. The Kier molecular flexibility index (Phi) is 5.24. The Morgan fingerprint density at radius 3 is 2.05 bits per heavy atom. The summed E-state index contributed by atoms with van der Waals surface area (Å²) in [5.74, 6) is 0. The summed E-state index contributed by atoms with van der Waals surface area (Å²) in [4.78, 5) is 2.64. The van der Waals surface area contributed by atoms with E-state index in [1.807, 2.05) is 0 Å². The number of fused-ring (bicyclic) bond motifs is 5. The first kappa shape index (κ1) is 25.7. The molecule has 0 saturated carbocycles. The van der Waals surface area contributed by atoms with Gasteiger partial charge in [-0.15, -0.1) is 0 Å². The summed E-state index contributed by atoms with van der Waals surface area (Å²) in [5, 5.41) is 0. The zero-order valence-corrected chi connectivity index (χ0v) is 25.8. The molecule has 0 unspecified atom stereocenters. The maximum absolute atomic E-state index is 2.64. The molecule has 2 heteroatoms. The van der Waals surface area contributed by atoms with Gasteiger partial charge >= 0.3 is 0 Å². The number of hydrogen-bond donors (Lipinski definition) is 0. The molecule has 0 bridgehead atoms. The summed E-state index contributed by atoms with van der Waals surface area (Å²) in [6.07, 6.45) is 2.35. The highest BCUT2D eigenvalue weighted by molar-refractivity contribution is 6.99. The van der Waals surface area contributed by atoms with Crippen molar-refractivity contribution in [2.24, 2.45) is 0 Å². The number of nitrogens with zero attached hydrogens (tertiary/aromatic N) is 1. The standard InChI is InChI=1S/C38H42BN/c1-23-19-29-35-34(20-23)40(32-12-10-11-24-13-16-27(24)32)33-22-26(37(5,6)7)15-18-30(33)39(35)31-21-25(36(2,3)4)14-17-28(31)38(29,8)9/h10-12,14-15,17-22H,13,16H2,1-9H3. The van der Waals surface area contributed by atoms with Crippen LogP contribution in [0.2, 0.25) is 0 Å². The van der Waals surface area contributed by atoms with E-state index in [0.29, 0.717) is 0 Å². The van der Waals surface area contributed by atoms with Gasteiger partial charge < -0.3 is 4.90 Å². The van der Waals surface area contributed by atoms with Crippen molar-refractivity contribution in [1.29, 1.82) is 0 Å². The van der Waals surface area contributed by atoms with E-state index in [1.165, 1.54) is 78.8 Å². The van der Waals surface area contributed by atoms with E-state index in [-0.39, 0.29) is 23.0 Å². The highest BCUT2D eigenvalue weighted by Crippen LogP contribution is 2.46. The molecule has 2 aliphatic heterocycles. The summed E-state index contributed by atoms with van der Waals surface area (Å²) in [6, 6.07) is 26.6. The highest BCUT2D eigenvalue weighted by atomic mass is 15.2. The zero-order chi connectivity index (χ0) is 28.4. The van der Waals surface area contributed by atoms with Crippen molar-refractivity contribution in [1.82, 2.24) is 0 Å². The third kappa shape index (κ3) is 3.54. The fraction of sp³-hybridized carbons (Fsp3) is 0.368. The molecule has 0 spiro atoms. The Morgan fingerprint density at radius 1 is 0.675 bits per heavy atom. The summed E-state index contributed by atoms with van der Waals surface area (Å²) < 4.78 is 0. The predicted octanol–water partition coefficient (Wildman–Crippen LogP) is 7.63. The second kappa shape index (κ2) is 8.15. The number of aryl methyl sites for hydroxylation is 2. The van der Waals surface area contributed by atoms with Gasteiger partial charge in [-0.1, -0.05) is 109 Å². The summed E-state index contributed by atoms with van der Waals surface area (Å²) in [5.41, 5.74) is 18.7. The van der Waals surface area contributed by atoms with Crippen LogP contribution in [0.1, 0.15) is 94.3 Å². The van der Waals surface area contributed by atoms with Gasteiger partial charge in [0.15, 0.2) is 0 Å². The molecule has 4 aromatic carbocycles. The van der Waals surface area contributed by atoms with Crippen molar-refractivity contribution in [2.45, 2.75) is 91.4 Å². The fourth-order valence-corrected chi connectivity index (χ4v) is 7.52. The molecule has 0 fully saturated rings. The molecule has 202 valence electrons. The molecule has 0 atom stereocenters. The Labute approximate surface area is 241 Å². The quantitative estimate of drug-likeness (QED) is 0.204. The maximum atomic E-state index is 2.64. The van der Waals surface area contributed by atoms with Gasteiger partial charge in [0, 0.05) is 22.5 Å². The van der Waals surface area contributed by atoms with Crippen LogP contribution in [0, 0.1) is 6.92 Å². The van der Waals surface area contributed by atoms with Crippen molar-refractivity contribution >= 4 is 40.2 Å². The first-order valence-corrected chi connectivity index (χ1v) is 15.1. The van der Waals surface area contributed by atoms with Crippen LogP contribution in [-0.2, 0) is 29.1 Å². The maximum Gasteiger partial charge on any atom is 0.247 e. The third-order valence-electron chi connectivity index (χ3n) is 9.99. The predicted molar refractivity (Wildman–Crippen MR) is 174 cm³/mol. The van der Waals surface area contributed by atoms with Crippen LogP contribution in [0.25, 0.3) is 0 Å². The lowest BCUT2D eigenvalue weighted by atomic mass is 9.30. The number of anilines is 3. The highest BCUT2D eigenvalue weighted by Gasteiger charge is 2.47.